The highest BCUT2D eigenvalue weighted by atomic mass is 32.2. The summed E-state index contributed by atoms with van der Waals surface area (Å²) in [6.07, 6.45) is 4.01. The topological polar surface area (TPSA) is 192 Å². The minimum absolute atomic E-state index is 0.0888. The van der Waals surface area contributed by atoms with Gasteiger partial charge in [0.05, 0.1) is 25.8 Å². The first kappa shape index (κ1) is 45.5. The average molecular weight is 905 g/mol. The number of hydroxylamine groups is 2. The number of nitrogens with zero attached hydrogens (tertiary/aromatic N) is 4. The molecule has 332 valence electrons. The highest BCUT2D eigenvalue weighted by Gasteiger charge is 2.55. The van der Waals surface area contributed by atoms with Gasteiger partial charge in [-0.25, -0.2) is 19.6 Å². The van der Waals surface area contributed by atoms with Crippen molar-refractivity contribution in [3.05, 3.63) is 153 Å². The lowest BCUT2D eigenvalue weighted by Gasteiger charge is -2.49. The second-order valence-electron chi connectivity index (χ2n) is 15.3. The smallest absolute Gasteiger partial charge is 0.355 e. The van der Waals surface area contributed by atoms with Crippen molar-refractivity contribution in [2.75, 3.05) is 38.4 Å². The van der Waals surface area contributed by atoms with Crippen LogP contribution in [0, 0.1) is 5.92 Å². The van der Waals surface area contributed by atoms with Crippen molar-refractivity contribution in [2.45, 2.75) is 50.6 Å². The number of oxime groups is 1. The zero-order valence-electron chi connectivity index (χ0n) is 35.7. The number of thioether (sulfide) groups is 1. The number of nitrogens with two attached hydrogens (primary N) is 1. The molecule has 15 nitrogen and oxygen atoms in total. The van der Waals surface area contributed by atoms with Gasteiger partial charge in [-0.15, -0.1) is 23.1 Å². The van der Waals surface area contributed by atoms with E-state index in [4.69, 9.17) is 24.9 Å². The van der Waals surface area contributed by atoms with Crippen LogP contribution in [-0.4, -0.2) is 94.4 Å². The third-order valence-electron chi connectivity index (χ3n) is 10.5. The van der Waals surface area contributed by atoms with Crippen LogP contribution in [0.3, 0.4) is 0 Å². The fraction of sp³-hybridized carbons (Fsp3) is 0.298. The van der Waals surface area contributed by atoms with E-state index >= 15 is 0 Å². The standard InChI is InChI=1S/C47H48N6O9S2/c1-5-15-31(44(57)60-25-29(2)3)26-61-45(58)39-32(24-30-22-23-52(59-4)41(30)55)27-63-43-38(42(56)53(39)43)50-40(54)37(36-28-64-46(48)49-36)51-62-47(33-16-9-6-10-17-33,34-18-11-7-12-19-34)35-20-13-8-14-21-35/h6-21,24,28-29,38,43H,5,22-23,25-27H2,1-4H3,(H2,48,49)(H,50,54). The SMILES string of the molecule is CCC=C(COC(=O)C1=C(C=C2CCN(OC)C2=O)CSC2C(NC(=O)C(=NOC(c3ccccc3)(c3ccccc3)c3ccccc3)c3csc(N)n3)C(=O)N12)C(=O)OCC(C)C. The molecule has 2 saturated heterocycles. The summed E-state index contributed by atoms with van der Waals surface area (Å²) >= 11 is 2.39. The molecule has 7 rings (SSSR count). The molecule has 3 N–H and O–H groups in total. The van der Waals surface area contributed by atoms with Gasteiger partial charge < -0.3 is 25.4 Å². The van der Waals surface area contributed by atoms with Gasteiger partial charge in [-0.2, -0.15) is 0 Å². The van der Waals surface area contributed by atoms with E-state index in [2.05, 4.69) is 15.5 Å². The summed E-state index contributed by atoms with van der Waals surface area (Å²) in [7, 11) is 1.39. The Morgan fingerprint density at radius 3 is 2.12 bits per heavy atom. The number of hydrogen-bond donors (Lipinski definition) is 2. The maximum atomic E-state index is 14.5. The normalized spacial score (nSPS) is 18.5. The van der Waals surface area contributed by atoms with Crippen molar-refractivity contribution in [1.82, 2.24) is 20.3 Å². The van der Waals surface area contributed by atoms with Gasteiger partial charge in [0.25, 0.3) is 17.7 Å². The Morgan fingerprint density at radius 1 is 0.969 bits per heavy atom. The summed E-state index contributed by atoms with van der Waals surface area (Å²) in [5, 5.41) is 9.57. The zero-order valence-corrected chi connectivity index (χ0v) is 37.4. The summed E-state index contributed by atoms with van der Waals surface area (Å²) in [6.45, 7) is 5.72. The van der Waals surface area contributed by atoms with Gasteiger partial charge in [0.15, 0.2) is 10.8 Å². The Labute approximate surface area is 378 Å². The van der Waals surface area contributed by atoms with Crippen molar-refractivity contribution in [1.29, 1.82) is 0 Å². The molecule has 0 saturated carbocycles. The molecule has 0 aliphatic carbocycles. The van der Waals surface area contributed by atoms with Crippen molar-refractivity contribution in [3.8, 4) is 0 Å². The molecule has 64 heavy (non-hydrogen) atoms. The van der Waals surface area contributed by atoms with E-state index in [1.54, 1.807) is 17.5 Å². The number of rotatable bonds is 17. The minimum Gasteiger partial charge on any atom is -0.462 e. The number of allylic oxidation sites excluding steroid dienone is 2. The summed E-state index contributed by atoms with van der Waals surface area (Å²) in [6, 6.07) is 27.3. The number of nitrogens with one attached hydrogen (secondary N) is 1. The number of β-lactam (4-membered cyclic amide) rings is 1. The molecule has 1 aromatic heterocycles. The molecule has 3 amide bonds. The predicted octanol–water partition coefficient (Wildman–Crippen LogP) is 5.89. The summed E-state index contributed by atoms with van der Waals surface area (Å²) in [4.78, 5) is 86.3. The van der Waals surface area contributed by atoms with Crippen molar-refractivity contribution in [3.63, 3.8) is 0 Å². The van der Waals surface area contributed by atoms with Crippen LogP contribution >= 0.6 is 23.1 Å². The second-order valence-corrected chi connectivity index (χ2v) is 17.3. The Bertz CT molecular complexity index is 2410. The molecule has 2 unspecified atom stereocenters. The lowest BCUT2D eigenvalue weighted by molar-refractivity contribution is -0.164. The molecule has 3 aliphatic rings. The number of anilines is 1. The highest BCUT2D eigenvalue weighted by Crippen LogP contribution is 2.43. The lowest BCUT2D eigenvalue weighted by atomic mass is 9.80. The minimum atomic E-state index is -1.34. The Morgan fingerprint density at radius 2 is 1.59 bits per heavy atom. The third-order valence-corrected chi connectivity index (χ3v) is 12.5. The first-order valence-corrected chi connectivity index (χ1v) is 22.6. The number of carbonyl (C=O) groups is 5. The maximum absolute atomic E-state index is 14.5. The van der Waals surface area contributed by atoms with Crippen molar-refractivity contribution >= 4 is 63.6 Å². The molecule has 3 aliphatic heterocycles. The van der Waals surface area contributed by atoms with Crippen LogP contribution in [0.15, 0.2) is 136 Å². The van der Waals surface area contributed by atoms with E-state index in [1.165, 1.54) is 28.8 Å². The monoisotopic (exact) mass is 904 g/mol. The van der Waals surface area contributed by atoms with Crippen LogP contribution in [-0.2, 0) is 48.7 Å². The van der Waals surface area contributed by atoms with Gasteiger partial charge in [-0.1, -0.05) is 123 Å². The number of carbonyl (C=O) groups excluding carboxylic acids is 5. The summed E-state index contributed by atoms with van der Waals surface area (Å²) < 4.78 is 11.1. The number of aromatic nitrogens is 1. The molecular formula is C47H48N6O9S2. The first-order valence-electron chi connectivity index (χ1n) is 20.7. The van der Waals surface area contributed by atoms with Gasteiger partial charge in [0.2, 0.25) is 5.60 Å². The highest BCUT2D eigenvalue weighted by molar-refractivity contribution is 8.00. The van der Waals surface area contributed by atoms with E-state index < -0.39 is 47.4 Å². The Hall–Kier alpha value is -6.56. The molecule has 0 radical (unpaired) electrons. The molecule has 4 heterocycles. The van der Waals surface area contributed by atoms with E-state index in [9.17, 15) is 24.0 Å². The van der Waals surface area contributed by atoms with Gasteiger partial charge in [0, 0.05) is 33.4 Å². The largest absolute Gasteiger partial charge is 0.462 e. The van der Waals surface area contributed by atoms with Crippen LogP contribution in [0.1, 0.15) is 56.0 Å². The number of benzene rings is 3. The molecule has 0 bridgehead atoms. The molecule has 3 aromatic carbocycles. The molecule has 0 spiro atoms. The van der Waals surface area contributed by atoms with Gasteiger partial charge in [0.1, 0.15) is 29.4 Å². The number of thiazole rings is 1. The lowest BCUT2D eigenvalue weighted by Crippen LogP contribution is -2.71. The van der Waals surface area contributed by atoms with Crippen molar-refractivity contribution in [2.24, 2.45) is 11.1 Å². The van der Waals surface area contributed by atoms with Crippen LogP contribution in [0.2, 0.25) is 0 Å². The van der Waals surface area contributed by atoms with Gasteiger partial charge in [-0.3, -0.25) is 24.1 Å². The molecular weight excluding hydrogens is 857 g/mol. The first-order chi connectivity index (χ1) is 31.0. The second kappa shape index (κ2) is 20.3. The predicted molar refractivity (Wildman–Crippen MR) is 242 cm³/mol. The molecule has 2 atom stereocenters. The van der Waals surface area contributed by atoms with E-state index in [1.807, 2.05) is 112 Å². The molecule has 4 aromatic rings. The number of nitrogen functional groups attached to an aromatic ring is 1. The van der Waals surface area contributed by atoms with Crippen LogP contribution in [0.4, 0.5) is 5.13 Å². The average Bonchev–Trinajstić information content (AvgIpc) is 3.91. The summed E-state index contributed by atoms with van der Waals surface area (Å²) in [5.41, 5.74) is 7.57. The Kier molecular flexibility index (Phi) is 14.4. The number of hydrogen-bond acceptors (Lipinski definition) is 14. The third kappa shape index (κ3) is 9.51. The number of fused-ring (bicyclic) bond motifs is 1. The van der Waals surface area contributed by atoms with Gasteiger partial charge >= 0.3 is 11.9 Å². The van der Waals surface area contributed by atoms with Crippen LogP contribution in [0.25, 0.3) is 0 Å². The quantitative estimate of drug-likeness (QED) is 0.0320. The molecule has 2 fully saturated rings. The molecule has 17 heteroatoms. The van der Waals surface area contributed by atoms with Crippen LogP contribution < -0.4 is 11.1 Å². The Balaban J connectivity index is 1.20. The number of esters is 2. The maximum Gasteiger partial charge on any atom is 0.355 e. The van der Waals surface area contributed by atoms with E-state index in [0.717, 1.165) is 28.0 Å². The number of amides is 3. The van der Waals surface area contributed by atoms with E-state index in [-0.39, 0.29) is 52.0 Å². The fourth-order valence-electron chi connectivity index (χ4n) is 7.45. The van der Waals surface area contributed by atoms with E-state index in [0.29, 0.717) is 30.5 Å². The van der Waals surface area contributed by atoms with Crippen molar-refractivity contribution < 1.29 is 43.1 Å². The summed E-state index contributed by atoms with van der Waals surface area (Å²) in [5.74, 6) is -3.02. The van der Waals surface area contributed by atoms with Crippen LogP contribution in [0.5, 0.6) is 0 Å². The number of ether oxygens (including phenoxy) is 2. The van der Waals surface area contributed by atoms with Gasteiger partial charge in [-0.05, 0) is 30.4 Å². The zero-order chi connectivity index (χ0) is 45.4. The fourth-order valence-corrected chi connectivity index (χ4v) is 9.30.